The molecule has 8 heteroatoms. The van der Waals surface area contributed by atoms with Crippen molar-refractivity contribution in [3.05, 3.63) is 46.4 Å². The van der Waals surface area contributed by atoms with E-state index in [1.165, 1.54) is 0 Å². The maximum atomic E-state index is 12.9. The summed E-state index contributed by atoms with van der Waals surface area (Å²) in [6.45, 7) is 4.64. The van der Waals surface area contributed by atoms with Crippen LogP contribution in [0.4, 0.5) is 5.69 Å². The Kier molecular flexibility index (Phi) is 5.30. The molecule has 1 fully saturated rings. The topological polar surface area (TPSA) is 67.7 Å². The second-order valence-corrected chi connectivity index (χ2v) is 8.09. The van der Waals surface area contributed by atoms with Crippen molar-refractivity contribution in [3.8, 4) is 5.75 Å². The first-order chi connectivity index (χ1) is 13.6. The molecule has 0 saturated carbocycles. The van der Waals surface area contributed by atoms with Crippen molar-refractivity contribution >= 4 is 23.4 Å². The number of methoxy groups -OCH3 is 1. The lowest BCUT2D eigenvalue weighted by Crippen LogP contribution is -2.49. The van der Waals surface area contributed by atoms with Gasteiger partial charge in [0.2, 0.25) is 5.91 Å². The molecule has 1 saturated heterocycles. The molecule has 1 aromatic heterocycles. The van der Waals surface area contributed by atoms with Gasteiger partial charge in [-0.3, -0.25) is 14.2 Å². The zero-order chi connectivity index (χ0) is 19.7. The van der Waals surface area contributed by atoms with E-state index in [0.717, 1.165) is 35.4 Å². The van der Waals surface area contributed by atoms with Crippen LogP contribution in [0.15, 0.2) is 40.4 Å². The van der Waals surface area contributed by atoms with Crippen LogP contribution in [0.3, 0.4) is 0 Å². The number of amides is 1. The lowest BCUT2D eigenvalue weighted by molar-refractivity contribution is -0.132. The highest BCUT2D eigenvalue weighted by molar-refractivity contribution is 7.99. The van der Waals surface area contributed by atoms with Gasteiger partial charge in [-0.25, -0.2) is 4.98 Å². The molecule has 28 heavy (non-hydrogen) atoms. The number of carbonyl (C=O) groups excluding carboxylic acids is 1. The number of benzene rings is 1. The van der Waals surface area contributed by atoms with E-state index in [4.69, 9.17) is 4.74 Å². The number of aromatic nitrogens is 2. The van der Waals surface area contributed by atoms with Gasteiger partial charge in [0.05, 0.1) is 18.8 Å². The monoisotopic (exact) mass is 400 g/mol. The fourth-order valence-electron chi connectivity index (χ4n) is 3.79. The van der Waals surface area contributed by atoms with Gasteiger partial charge in [-0.15, -0.1) is 0 Å². The minimum absolute atomic E-state index is 0.0335. The summed E-state index contributed by atoms with van der Waals surface area (Å²) in [6, 6.07) is 7.84. The smallest absolute Gasteiger partial charge is 0.257 e. The molecule has 7 nitrogen and oxygen atoms in total. The van der Waals surface area contributed by atoms with Gasteiger partial charge in [0, 0.05) is 50.1 Å². The molecule has 4 rings (SSSR count). The number of piperazine rings is 1. The van der Waals surface area contributed by atoms with Crippen LogP contribution in [0.25, 0.3) is 0 Å². The van der Waals surface area contributed by atoms with Crippen LogP contribution in [0, 0.1) is 6.92 Å². The molecule has 1 atom stereocenters. The predicted octanol–water partition coefficient (Wildman–Crippen LogP) is 1.95. The van der Waals surface area contributed by atoms with E-state index in [-0.39, 0.29) is 17.5 Å². The minimum atomic E-state index is -0.111. The van der Waals surface area contributed by atoms with Gasteiger partial charge in [-0.2, -0.15) is 0 Å². The molecule has 0 radical (unpaired) electrons. The highest BCUT2D eigenvalue weighted by Crippen LogP contribution is 2.33. The Morgan fingerprint density at radius 2 is 2.00 bits per heavy atom. The molecule has 2 aliphatic rings. The van der Waals surface area contributed by atoms with Crippen LogP contribution in [-0.2, 0) is 4.79 Å². The predicted molar refractivity (Wildman–Crippen MR) is 109 cm³/mol. The highest BCUT2D eigenvalue weighted by atomic mass is 32.2. The molecule has 2 aromatic rings. The fraction of sp³-hybridized carbons (Fsp3) is 0.450. The molecule has 0 aliphatic carbocycles. The summed E-state index contributed by atoms with van der Waals surface area (Å²) >= 11 is 1.55. The summed E-state index contributed by atoms with van der Waals surface area (Å²) in [5, 5.41) is 0.717. The second kappa shape index (κ2) is 7.87. The minimum Gasteiger partial charge on any atom is -0.495 e. The molecule has 0 unspecified atom stereocenters. The summed E-state index contributed by atoms with van der Waals surface area (Å²) in [4.78, 5) is 33.8. The molecule has 3 heterocycles. The lowest BCUT2D eigenvalue weighted by atomic mass is 10.1. The molecule has 0 N–H and O–H groups in total. The largest absolute Gasteiger partial charge is 0.495 e. The van der Waals surface area contributed by atoms with E-state index < -0.39 is 0 Å². The van der Waals surface area contributed by atoms with Crippen molar-refractivity contribution in [1.29, 1.82) is 0 Å². The van der Waals surface area contributed by atoms with Crippen molar-refractivity contribution in [2.24, 2.45) is 0 Å². The van der Waals surface area contributed by atoms with Crippen LogP contribution in [0.1, 0.15) is 18.0 Å². The van der Waals surface area contributed by atoms with Gasteiger partial charge >= 0.3 is 0 Å². The number of ether oxygens (including phenoxy) is 1. The van der Waals surface area contributed by atoms with E-state index in [1.807, 2.05) is 29.2 Å². The van der Waals surface area contributed by atoms with Crippen LogP contribution in [0.5, 0.6) is 5.75 Å². The first-order valence-electron chi connectivity index (χ1n) is 9.45. The van der Waals surface area contributed by atoms with Crippen LogP contribution < -0.4 is 15.2 Å². The molecule has 2 aliphatic heterocycles. The Morgan fingerprint density at radius 3 is 2.75 bits per heavy atom. The van der Waals surface area contributed by atoms with E-state index in [9.17, 15) is 9.59 Å². The van der Waals surface area contributed by atoms with Gasteiger partial charge in [0.1, 0.15) is 5.75 Å². The maximum absolute atomic E-state index is 12.9. The molecule has 1 aromatic carbocycles. The van der Waals surface area contributed by atoms with Crippen molar-refractivity contribution in [2.75, 3.05) is 43.9 Å². The van der Waals surface area contributed by atoms with Gasteiger partial charge in [-0.05, 0) is 19.1 Å². The van der Waals surface area contributed by atoms with Crippen molar-refractivity contribution in [2.45, 2.75) is 24.5 Å². The first kappa shape index (κ1) is 18.9. The number of nitrogens with zero attached hydrogens (tertiary/aromatic N) is 4. The number of fused-ring (bicyclic) bond motifs is 1. The zero-order valence-corrected chi connectivity index (χ0v) is 16.9. The highest BCUT2D eigenvalue weighted by Gasteiger charge is 2.30. The number of thioether (sulfide) groups is 1. The van der Waals surface area contributed by atoms with E-state index in [2.05, 4.69) is 9.88 Å². The molecular weight excluding hydrogens is 376 g/mol. The molecule has 0 spiro atoms. The van der Waals surface area contributed by atoms with Crippen molar-refractivity contribution in [1.82, 2.24) is 14.5 Å². The third-order valence-electron chi connectivity index (χ3n) is 5.37. The SMILES string of the molecule is COc1ccccc1N1CCN(C(=O)C[C@@H]2CSc3ncc(C)c(=O)n32)CC1. The van der Waals surface area contributed by atoms with E-state index in [1.54, 1.807) is 36.6 Å². The van der Waals surface area contributed by atoms with Crippen LogP contribution in [-0.4, -0.2) is 59.4 Å². The summed E-state index contributed by atoms with van der Waals surface area (Å²) in [6.07, 6.45) is 1.96. The van der Waals surface area contributed by atoms with Crippen molar-refractivity contribution in [3.63, 3.8) is 0 Å². The Balaban J connectivity index is 1.40. The second-order valence-electron chi connectivity index (χ2n) is 7.11. The number of rotatable bonds is 4. The zero-order valence-electron chi connectivity index (χ0n) is 16.1. The molecule has 1 amide bonds. The molecule has 0 bridgehead atoms. The summed E-state index contributed by atoms with van der Waals surface area (Å²) in [5.74, 6) is 1.68. The molecular formula is C20H24N4O3S. The Bertz CT molecular complexity index is 937. The van der Waals surface area contributed by atoms with E-state index >= 15 is 0 Å². The van der Waals surface area contributed by atoms with Gasteiger partial charge in [-0.1, -0.05) is 23.9 Å². The van der Waals surface area contributed by atoms with Crippen LogP contribution >= 0.6 is 11.8 Å². The summed E-state index contributed by atoms with van der Waals surface area (Å²) < 4.78 is 7.15. The average molecular weight is 401 g/mol. The maximum Gasteiger partial charge on any atom is 0.257 e. The summed E-state index contributed by atoms with van der Waals surface area (Å²) in [5.41, 5.74) is 1.65. The molecule has 148 valence electrons. The summed E-state index contributed by atoms with van der Waals surface area (Å²) in [7, 11) is 1.68. The lowest BCUT2D eigenvalue weighted by Gasteiger charge is -2.37. The Morgan fingerprint density at radius 1 is 1.25 bits per heavy atom. The average Bonchev–Trinajstić information content (AvgIpc) is 3.14. The number of para-hydroxylation sites is 2. The van der Waals surface area contributed by atoms with E-state index in [0.29, 0.717) is 25.1 Å². The third kappa shape index (κ3) is 3.48. The van der Waals surface area contributed by atoms with Gasteiger partial charge < -0.3 is 14.5 Å². The number of aryl methyl sites for hydroxylation is 1. The number of hydrogen-bond donors (Lipinski definition) is 0. The first-order valence-corrected chi connectivity index (χ1v) is 10.4. The standard InChI is InChI=1S/C20H24N4O3S/c1-14-12-21-20-24(19(14)26)15(13-28-20)11-18(25)23-9-7-22(8-10-23)16-5-3-4-6-17(16)27-2/h3-6,12,15H,7-11,13H2,1-2H3/t15-/m1/s1. The number of carbonyl (C=O) groups is 1. The van der Waals surface area contributed by atoms with Gasteiger partial charge in [0.25, 0.3) is 5.56 Å². The number of hydrogen-bond acceptors (Lipinski definition) is 6. The van der Waals surface area contributed by atoms with Crippen molar-refractivity contribution < 1.29 is 9.53 Å². The normalized spacial score (nSPS) is 18.9. The Labute approximate surface area is 168 Å². The fourth-order valence-corrected chi connectivity index (χ4v) is 4.90. The number of anilines is 1. The Hall–Kier alpha value is -2.48. The van der Waals surface area contributed by atoms with Crippen LogP contribution in [0.2, 0.25) is 0 Å². The van der Waals surface area contributed by atoms with Gasteiger partial charge in [0.15, 0.2) is 5.16 Å². The third-order valence-corrected chi connectivity index (χ3v) is 6.48. The quantitative estimate of drug-likeness (QED) is 0.731.